The standard InChI is InChI=1S/C15H18N4O2S.C7H7Br/c1-3-21-15(20)12-9-22-8-10-13(11-6-4-5-7-16-11)18-19(2)14(10)17-12;1-6-3-2-4-7(8)5-6/h4-7,12,17H,3,8-9H2,1-2H3;2-5H,1H3. The minimum atomic E-state index is -0.349. The third-order valence-corrected chi connectivity index (χ3v) is 6.00. The fourth-order valence-electron chi connectivity index (χ4n) is 3.05. The Hall–Kier alpha value is -2.32. The van der Waals surface area contributed by atoms with Crippen LogP contribution in [0.3, 0.4) is 0 Å². The molecule has 1 aliphatic heterocycles. The molecule has 0 radical (unpaired) electrons. The first-order valence-corrected chi connectivity index (χ1v) is 11.6. The number of hydrogen-bond acceptors (Lipinski definition) is 6. The lowest BCUT2D eigenvalue weighted by Crippen LogP contribution is -2.33. The van der Waals surface area contributed by atoms with Crippen LogP contribution in [0, 0.1) is 6.92 Å². The average molecular weight is 489 g/mol. The van der Waals surface area contributed by atoms with Crippen LogP contribution in [0.1, 0.15) is 18.1 Å². The van der Waals surface area contributed by atoms with E-state index < -0.39 is 0 Å². The molecule has 3 aromatic rings. The largest absolute Gasteiger partial charge is 0.464 e. The van der Waals surface area contributed by atoms with Crippen molar-refractivity contribution in [3.05, 3.63) is 64.3 Å². The zero-order valence-electron chi connectivity index (χ0n) is 17.3. The number of hydrogen-bond donors (Lipinski definition) is 1. The highest BCUT2D eigenvalue weighted by molar-refractivity contribution is 9.10. The van der Waals surface area contributed by atoms with Gasteiger partial charge in [0, 0.05) is 34.8 Å². The summed E-state index contributed by atoms with van der Waals surface area (Å²) in [5.74, 6) is 2.11. The summed E-state index contributed by atoms with van der Waals surface area (Å²) >= 11 is 5.06. The first kappa shape index (κ1) is 22.4. The number of benzene rings is 1. The molecule has 1 atom stereocenters. The molecule has 158 valence electrons. The summed E-state index contributed by atoms with van der Waals surface area (Å²) in [7, 11) is 1.87. The molecular weight excluding hydrogens is 464 g/mol. The van der Waals surface area contributed by atoms with Crippen LogP contribution in [0.4, 0.5) is 5.82 Å². The lowest BCUT2D eigenvalue weighted by Gasteiger charge is -2.15. The van der Waals surface area contributed by atoms with Crippen LogP contribution in [0.15, 0.2) is 53.1 Å². The number of carbonyl (C=O) groups is 1. The molecule has 0 bridgehead atoms. The number of rotatable bonds is 3. The minimum absolute atomic E-state index is 0.219. The van der Waals surface area contributed by atoms with Crippen molar-refractivity contribution in [2.75, 3.05) is 17.7 Å². The highest BCUT2D eigenvalue weighted by Gasteiger charge is 2.28. The third-order valence-electron chi connectivity index (χ3n) is 4.45. The molecule has 3 heterocycles. The average Bonchev–Trinajstić information content (AvgIpc) is 2.90. The van der Waals surface area contributed by atoms with Gasteiger partial charge in [-0.1, -0.05) is 39.7 Å². The maximum atomic E-state index is 12.0. The van der Waals surface area contributed by atoms with Crippen molar-refractivity contribution in [2.24, 2.45) is 7.05 Å². The van der Waals surface area contributed by atoms with Gasteiger partial charge in [-0.05, 0) is 38.1 Å². The van der Waals surface area contributed by atoms with E-state index in [1.807, 2.05) is 44.3 Å². The Bertz CT molecular complexity index is 977. The second-order valence-electron chi connectivity index (χ2n) is 6.78. The van der Waals surface area contributed by atoms with Crippen molar-refractivity contribution in [1.82, 2.24) is 14.8 Å². The molecule has 30 heavy (non-hydrogen) atoms. The maximum Gasteiger partial charge on any atom is 0.329 e. The summed E-state index contributed by atoms with van der Waals surface area (Å²) in [6.45, 7) is 4.28. The van der Waals surface area contributed by atoms with Crippen molar-refractivity contribution in [3.63, 3.8) is 0 Å². The number of ether oxygens (including phenoxy) is 1. The zero-order valence-corrected chi connectivity index (χ0v) is 19.7. The topological polar surface area (TPSA) is 69.0 Å². The predicted molar refractivity (Wildman–Crippen MR) is 126 cm³/mol. The van der Waals surface area contributed by atoms with E-state index in [1.165, 1.54) is 5.56 Å². The van der Waals surface area contributed by atoms with E-state index in [1.54, 1.807) is 22.6 Å². The number of nitrogens with zero attached hydrogens (tertiary/aromatic N) is 3. The van der Waals surface area contributed by atoms with Gasteiger partial charge in [0.15, 0.2) is 0 Å². The normalized spacial score (nSPS) is 15.1. The number of aromatic nitrogens is 3. The molecule has 0 saturated heterocycles. The van der Waals surface area contributed by atoms with Crippen LogP contribution in [0.25, 0.3) is 11.4 Å². The van der Waals surface area contributed by atoms with E-state index in [2.05, 4.69) is 50.4 Å². The first-order valence-electron chi connectivity index (χ1n) is 9.70. The molecule has 0 fully saturated rings. The molecular formula is C22H25BrN4O2S. The van der Waals surface area contributed by atoms with E-state index in [0.29, 0.717) is 12.4 Å². The van der Waals surface area contributed by atoms with E-state index in [-0.39, 0.29) is 12.0 Å². The number of nitrogens with one attached hydrogen (secondary N) is 1. The highest BCUT2D eigenvalue weighted by atomic mass is 79.9. The maximum absolute atomic E-state index is 12.0. The number of fused-ring (bicyclic) bond motifs is 1. The molecule has 1 aliphatic rings. The van der Waals surface area contributed by atoms with Gasteiger partial charge in [-0.3, -0.25) is 9.67 Å². The second-order valence-corrected chi connectivity index (χ2v) is 8.72. The van der Waals surface area contributed by atoms with Gasteiger partial charge < -0.3 is 10.1 Å². The van der Waals surface area contributed by atoms with Crippen molar-refractivity contribution in [2.45, 2.75) is 25.6 Å². The van der Waals surface area contributed by atoms with E-state index >= 15 is 0 Å². The monoisotopic (exact) mass is 488 g/mol. The summed E-state index contributed by atoms with van der Waals surface area (Å²) in [6.07, 6.45) is 1.76. The van der Waals surface area contributed by atoms with Gasteiger partial charge in [0.05, 0.1) is 12.3 Å². The molecule has 0 saturated carbocycles. The fraction of sp³-hybridized carbons (Fsp3) is 0.318. The van der Waals surface area contributed by atoms with Crippen LogP contribution in [0.2, 0.25) is 0 Å². The van der Waals surface area contributed by atoms with Crippen LogP contribution in [-0.2, 0) is 22.3 Å². The van der Waals surface area contributed by atoms with Crippen LogP contribution in [-0.4, -0.2) is 39.1 Å². The van der Waals surface area contributed by atoms with Crippen molar-refractivity contribution in [1.29, 1.82) is 0 Å². The molecule has 4 rings (SSSR count). The summed E-state index contributed by atoms with van der Waals surface area (Å²) in [5, 5.41) is 7.85. The van der Waals surface area contributed by atoms with Gasteiger partial charge in [-0.15, -0.1) is 0 Å². The lowest BCUT2D eigenvalue weighted by molar-refractivity contribution is -0.143. The second kappa shape index (κ2) is 10.6. The van der Waals surface area contributed by atoms with Crippen molar-refractivity contribution in [3.8, 4) is 11.4 Å². The van der Waals surface area contributed by atoms with Gasteiger partial charge in [-0.25, -0.2) is 4.79 Å². The summed E-state index contributed by atoms with van der Waals surface area (Å²) < 4.78 is 8.05. The van der Waals surface area contributed by atoms with Crippen LogP contribution in [0.5, 0.6) is 0 Å². The summed E-state index contributed by atoms with van der Waals surface area (Å²) in [5.41, 5.74) is 4.08. The number of thioether (sulfide) groups is 1. The highest BCUT2D eigenvalue weighted by Crippen LogP contribution is 2.34. The molecule has 6 nitrogen and oxygen atoms in total. The fourth-order valence-corrected chi connectivity index (χ4v) is 4.62. The molecule has 1 aromatic carbocycles. The first-order chi connectivity index (χ1) is 14.5. The third kappa shape index (κ3) is 5.64. The Kier molecular flexibility index (Phi) is 7.93. The number of halogens is 1. The zero-order chi connectivity index (χ0) is 21.5. The van der Waals surface area contributed by atoms with Crippen LogP contribution < -0.4 is 5.32 Å². The lowest BCUT2D eigenvalue weighted by atomic mass is 10.2. The smallest absolute Gasteiger partial charge is 0.329 e. The van der Waals surface area contributed by atoms with Crippen molar-refractivity contribution < 1.29 is 9.53 Å². The number of carbonyl (C=O) groups excluding carboxylic acids is 1. The predicted octanol–water partition coefficient (Wildman–Crippen LogP) is 4.83. The Labute approximate surface area is 189 Å². The Morgan fingerprint density at radius 1 is 1.33 bits per heavy atom. The number of aryl methyl sites for hydroxylation is 2. The summed E-state index contributed by atoms with van der Waals surface area (Å²) in [4.78, 5) is 16.4. The Morgan fingerprint density at radius 3 is 2.80 bits per heavy atom. The molecule has 2 aromatic heterocycles. The molecule has 0 amide bonds. The Balaban J connectivity index is 0.000000269. The quantitative estimate of drug-likeness (QED) is 0.532. The molecule has 1 unspecified atom stereocenters. The SMILES string of the molecule is CCOC(=O)C1CSCc2c(-c3ccccn3)nn(C)c2N1.Cc1cccc(Br)c1. The molecule has 0 aliphatic carbocycles. The van der Waals surface area contributed by atoms with E-state index in [9.17, 15) is 4.79 Å². The Morgan fingerprint density at radius 2 is 2.17 bits per heavy atom. The van der Waals surface area contributed by atoms with Gasteiger partial charge >= 0.3 is 5.97 Å². The van der Waals surface area contributed by atoms with Gasteiger partial charge in [0.1, 0.15) is 17.6 Å². The number of anilines is 1. The summed E-state index contributed by atoms with van der Waals surface area (Å²) in [6, 6.07) is 13.6. The van der Waals surface area contributed by atoms with Gasteiger partial charge in [0.25, 0.3) is 0 Å². The number of pyridine rings is 1. The minimum Gasteiger partial charge on any atom is -0.464 e. The van der Waals surface area contributed by atoms with Gasteiger partial charge in [-0.2, -0.15) is 16.9 Å². The van der Waals surface area contributed by atoms with E-state index in [0.717, 1.165) is 33.0 Å². The van der Waals surface area contributed by atoms with E-state index in [4.69, 9.17) is 4.74 Å². The van der Waals surface area contributed by atoms with Gasteiger partial charge in [0.2, 0.25) is 0 Å². The molecule has 8 heteroatoms. The number of esters is 1. The molecule has 1 N–H and O–H groups in total. The van der Waals surface area contributed by atoms with Crippen LogP contribution >= 0.6 is 27.7 Å². The molecule has 0 spiro atoms. The van der Waals surface area contributed by atoms with Crippen molar-refractivity contribution >= 4 is 39.5 Å².